The van der Waals surface area contributed by atoms with Crippen molar-refractivity contribution in [2.75, 3.05) is 25.0 Å². The number of aromatic nitrogens is 1. The van der Waals surface area contributed by atoms with Crippen LogP contribution < -0.4 is 10.1 Å². The number of hydrogen-bond acceptors (Lipinski definition) is 4. The molecule has 1 fully saturated rings. The van der Waals surface area contributed by atoms with Crippen LogP contribution in [0.15, 0.2) is 42.6 Å². The van der Waals surface area contributed by atoms with Gasteiger partial charge in [0.15, 0.2) is 0 Å². The number of nitrogens with one attached hydrogen (secondary N) is 1. The molecule has 5 nitrogen and oxygen atoms in total. The zero-order valence-corrected chi connectivity index (χ0v) is 17.4. The lowest BCUT2D eigenvalue weighted by molar-refractivity contribution is 0.0351. The molecular weight excluding hydrogens is 362 g/mol. The number of rotatable bonds is 4. The molecule has 1 aromatic heterocycles. The summed E-state index contributed by atoms with van der Waals surface area (Å²) in [6.45, 7) is 9.70. The summed E-state index contributed by atoms with van der Waals surface area (Å²) in [5.41, 5.74) is 2.85. The van der Waals surface area contributed by atoms with E-state index in [-0.39, 0.29) is 11.5 Å². The fraction of sp³-hybridized carbons (Fsp3) is 0.417. The predicted molar refractivity (Wildman–Crippen MR) is 116 cm³/mol. The third-order valence-corrected chi connectivity index (χ3v) is 5.70. The molecule has 3 heterocycles. The van der Waals surface area contributed by atoms with Crippen molar-refractivity contribution in [3.63, 3.8) is 0 Å². The van der Waals surface area contributed by atoms with Gasteiger partial charge in [-0.25, -0.2) is 0 Å². The summed E-state index contributed by atoms with van der Waals surface area (Å²) in [4.78, 5) is 19.2. The molecule has 1 amide bonds. The molecule has 0 atom stereocenters. The minimum absolute atomic E-state index is 0.197. The second kappa shape index (κ2) is 7.99. The second-order valence-corrected chi connectivity index (χ2v) is 8.57. The Kier molecular flexibility index (Phi) is 5.41. The van der Waals surface area contributed by atoms with Gasteiger partial charge in [-0.1, -0.05) is 26.0 Å². The standard InChI is InChI=1S/C24H29N3O2/c1-17(2)16-27-13-10-24(11-14-27)9-8-19-15-20(6-7-21(19)29-24)26-23(28)22-18(3)5-4-12-25-22/h4-9,12,15,17H,10-11,13-14,16H2,1-3H3,(H,26,28). The average Bonchev–Trinajstić information content (AvgIpc) is 2.70. The van der Waals surface area contributed by atoms with Gasteiger partial charge in [-0.15, -0.1) is 0 Å². The first-order valence-corrected chi connectivity index (χ1v) is 10.4. The van der Waals surface area contributed by atoms with E-state index in [2.05, 4.69) is 41.2 Å². The lowest BCUT2D eigenvalue weighted by Crippen LogP contribution is -2.48. The van der Waals surface area contributed by atoms with Crippen LogP contribution in [0.25, 0.3) is 6.08 Å². The normalized spacial score (nSPS) is 17.8. The molecule has 4 rings (SSSR count). The number of hydrogen-bond donors (Lipinski definition) is 1. The number of aryl methyl sites for hydroxylation is 1. The highest BCUT2D eigenvalue weighted by atomic mass is 16.5. The number of carbonyl (C=O) groups is 1. The van der Waals surface area contributed by atoms with E-state index in [1.807, 2.05) is 37.3 Å². The third-order valence-electron chi connectivity index (χ3n) is 5.70. The van der Waals surface area contributed by atoms with E-state index in [1.165, 1.54) is 0 Å². The zero-order valence-electron chi connectivity index (χ0n) is 17.4. The summed E-state index contributed by atoms with van der Waals surface area (Å²) in [5.74, 6) is 1.38. The Bertz CT molecular complexity index is 927. The number of amides is 1. The van der Waals surface area contributed by atoms with Gasteiger partial charge >= 0.3 is 0 Å². The highest BCUT2D eigenvalue weighted by molar-refractivity contribution is 6.04. The topological polar surface area (TPSA) is 54.5 Å². The largest absolute Gasteiger partial charge is 0.482 e. The van der Waals surface area contributed by atoms with Gasteiger partial charge in [0.05, 0.1) is 0 Å². The Labute approximate surface area is 172 Å². The Balaban J connectivity index is 1.44. The molecule has 2 aromatic rings. The second-order valence-electron chi connectivity index (χ2n) is 8.57. The molecule has 1 aromatic carbocycles. The molecule has 0 saturated carbocycles. The lowest BCUT2D eigenvalue weighted by Gasteiger charge is -2.42. The van der Waals surface area contributed by atoms with E-state index in [9.17, 15) is 4.79 Å². The van der Waals surface area contributed by atoms with Crippen LogP contribution in [0.1, 0.15) is 48.3 Å². The summed E-state index contributed by atoms with van der Waals surface area (Å²) >= 11 is 0. The minimum Gasteiger partial charge on any atom is -0.482 e. The molecule has 0 unspecified atom stereocenters. The molecule has 1 saturated heterocycles. The Morgan fingerprint density at radius 2 is 2.07 bits per heavy atom. The predicted octanol–water partition coefficient (Wildman–Crippen LogP) is 4.54. The van der Waals surface area contributed by atoms with E-state index in [0.29, 0.717) is 11.6 Å². The van der Waals surface area contributed by atoms with Gasteiger partial charge in [0.2, 0.25) is 0 Å². The summed E-state index contributed by atoms with van der Waals surface area (Å²) in [7, 11) is 0. The van der Waals surface area contributed by atoms with Crippen LogP contribution in [0.5, 0.6) is 5.75 Å². The molecule has 152 valence electrons. The smallest absolute Gasteiger partial charge is 0.274 e. The van der Waals surface area contributed by atoms with Gasteiger partial charge in [-0.2, -0.15) is 0 Å². The van der Waals surface area contributed by atoms with Crippen LogP contribution in [0.4, 0.5) is 5.69 Å². The summed E-state index contributed by atoms with van der Waals surface area (Å²) in [6.07, 6.45) is 7.99. The fourth-order valence-electron chi connectivity index (χ4n) is 4.16. The van der Waals surface area contributed by atoms with Crippen molar-refractivity contribution in [1.82, 2.24) is 9.88 Å². The van der Waals surface area contributed by atoms with E-state index in [1.54, 1.807) is 6.20 Å². The number of carbonyl (C=O) groups excluding carboxylic acids is 1. The molecule has 0 bridgehead atoms. The maximum atomic E-state index is 12.5. The van der Waals surface area contributed by atoms with Gasteiger partial charge in [0.1, 0.15) is 17.0 Å². The maximum absolute atomic E-state index is 12.5. The highest BCUT2D eigenvalue weighted by Gasteiger charge is 2.36. The van der Waals surface area contributed by atoms with Crippen LogP contribution in [0, 0.1) is 12.8 Å². The molecule has 0 radical (unpaired) electrons. The summed E-state index contributed by atoms with van der Waals surface area (Å²) < 4.78 is 6.44. The number of pyridine rings is 1. The van der Waals surface area contributed by atoms with Crippen LogP contribution >= 0.6 is 0 Å². The van der Waals surface area contributed by atoms with Crippen LogP contribution in [-0.4, -0.2) is 41.0 Å². The van der Waals surface area contributed by atoms with Gasteiger partial charge in [0, 0.05) is 49.9 Å². The quantitative estimate of drug-likeness (QED) is 0.831. The summed E-state index contributed by atoms with van der Waals surface area (Å²) in [6, 6.07) is 9.54. The van der Waals surface area contributed by atoms with Crippen molar-refractivity contribution in [2.24, 2.45) is 5.92 Å². The molecule has 2 aliphatic rings. The average molecular weight is 392 g/mol. The van der Waals surface area contributed by atoms with E-state index >= 15 is 0 Å². The van der Waals surface area contributed by atoms with E-state index < -0.39 is 0 Å². The van der Waals surface area contributed by atoms with Gasteiger partial charge in [-0.3, -0.25) is 9.78 Å². The van der Waals surface area contributed by atoms with Crippen LogP contribution in [-0.2, 0) is 0 Å². The van der Waals surface area contributed by atoms with Crippen molar-refractivity contribution in [2.45, 2.75) is 39.2 Å². The number of likely N-dealkylation sites (tertiary alicyclic amines) is 1. The SMILES string of the molecule is Cc1cccnc1C(=O)Nc1ccc2c(c1)C=CC1(CCN(CC(C)C)CC1)O2. The molecule has 1 N–H and O–H groups in total. The lowest BCUT2D eigenvalue weighted by atomic mass is 9.87. The maximum Gasteiger partial charge on any atom is 0.274 e. The fourth-order valence-corrected chi connectivity index (χ4v) is 4.16. The summed E-state index contributed by atoms with van der Waals surface area (Å²) in [5, 5.41) is 2.95. The monoisotopic (exact) mass is 391 g/mol. The first-order valence-electron chi connectivity index (χ1n) is 10.4. The first kappa shape index (κ1) is 19.6. The minimum atomic E-state index is -0.198. The van der Waals surface area contributed by atoms with Crippen molar-refractivity contribution in [3.8, 4) is 5.75 Å². The Hall–Kier alpha value is -2.66. The molecule has 1 spiro atoms. The van der Waals surface area contributed by atoms with Crippen molar-refractivity contribution in [1.29, 1.82) is 0 Å². The van der Waals surface area contributed by atoms with Crippen molar-refractivity contribution < 1.29 is 9.53 Å². The van der Waals surface area contributed by atoms with E-state index in [0.717, 1.165) is 55.0 Å². The van der Waals surface area contributed by atoms with Gasteiger partial charge in [0.25, 0.3) is 5.91 Å². The number of ether oxygens (including phenoxy) is 1. The Morgan fingerprint density at radius 3 is 2.79 bits per heavy atom. The first-order chi connectivity index (χ1) is 13.9. The molecule has 29 heavy (non-hydrogen) atoms. The molecule has 2 aliphatic heterocycles. The van der Waals surface area contributed by atoms with Crippen LogP contribution in [0.2, 0.25) is 0 Å². The molecule has 0 aliphatic carbocycles. The highest BCUT2D eigenvalue weighted by Crippen LogP contribution is 2.38. The number of nitrogens with zero attached hydrogens (tertiary/aromatic N) is 2. The number of fused-ring (bicyclic) bond motifs is 1. The number of anilines is 1. The zero-order chi connectivity index (χ0) is 20.4. The Morgan fingerprint density at radius 1 is 1.28 bits per heavy atom. The van der Waals surface area contributed by atoms with E-state index in [4.69, 9.17) is 4.74 Å². The number of benzene rings is 1. The van der Waals surface area contributed by atoms with Crippen molar-refractivity contribution in [3.05, 3.63) is 59.4 Å². The molecular formula is C24H29N3O2. The molecule has 5 heteroatoms. The number of piperidine rings is 1. The van der Waals surface area contributed by atoms with Gasteiger partial charge < -0.3 is 15.0 Å². The van der Waals surface area contributed by atoms with Crippen molar-refractivity contribution >= 4 is 17.7 Å². The van der Waals surface area contributed by atoms with Crippen LogP contribution in [0.3, 0.4) is 0 Å². The van der Waals surface area contributed by atoms with Gasteiger partial charge in [-0.05, 0) is 48.7 Å². The third kappa shape index (κ3) is 4.35.